The van der Waals surface area contributed by atoms with Gasteiger partial charge in [-0.3, -0.25) is 0 Å². The molecule has 4 aromatic rings. The summed E-state index contributed by atoms with van der Waals surface area (Å²) in [5.41, 5.74) is 2.21. The first kappa shape index (κ1) is 14.4. The topological polar surface area (TPSA) is 51.8 Å². The quantitative estimate of drug-likeness (QED) is 0.499. The van der Waals surface area contributed by atoms with E-state index in [1.165, 1.54) is 22.0 Å². The van der Waals surface area contributed by atoms with Crippen LogP contribution in [-0.2, 0) is 12.2 Å². The van der Waals surface area contributed by atoms with Gasteiger partial charge in [-0.2, -0.15) is 0 Å². The van der Waals surface area contributed by atoms with Gasteiger partial charge in [-0.25, -0.2) is 4.98 Å². The molecule has 0 fully saturated rings. The molecule has 23 heavy (non-hydrogen) atoms. The molecule has 0 aliphatic heterocycles. The van der Waals surface area contributed by atoms with Crippen molar-refractivity contribution in [1.29, 1.82) is 0 Å². The monoisotopic (exact) mass is 339 g/mol. The van der Waals surface area contributed by atoms with E-state index in [2.05, 4.69) is 33.4 Å². The van der Waals surface area contributed by atoms with Crippen molar-refractivity contribution in [3.8, 4) is 0 Å². The largest absolute Gasteiger partial charge is 0.416 e. The second-order valence-electron chi connectivity index (χ2n) is 4.99. The van der Waals surface area contributed by atoms with Crippen molar-refractivity contribution in [2.45, 2.75) is 17.4 Å². The molecule has 0 radical (unpaired) electrons. The Hall–Kier alpha value is -2.18. The third kappa shape index (κ3) is 3.43. The van der Waals surface area contributed by atoms with Crippen LogP contribution in [0, 0.1) is 0 Å². The minimum absolute atomic E-state index is 0.593. The Balaban J connectivity index is 1.41. The van der Waals surface area contributed by atoms with Crippen LogP contribution in [0.3, 0.4) is 0 Å². The lowest BCUT2D eigenvalue weighted by atomic mass is 10.2. The molecule has 0 aliphatic carbocycles. The summed E-state index contributed by atoms with van der Waals surface area (Å²) < 4.78 is 6.91. The second kappa shape index (κ2) is 6.52. The highest BCUT2D eigenvalue weighted by Crippen LogP contribution is 2.28. The maximum Gasteiger partial charge on any atom is 0.276 e. The van der Waals surface area contributed by atoms with E-state index in [9.17, 15) is 0 Å². The average Bonchev–Trinajstić information content (AvgIpc) is 3.20. The van der Waals surface area contributed by atoms with Gasteiger partial charge in [0.25, 0.3) is 5.22 Å². The molecule has 0 N–H and O–H groups in total. The van der Waals surface area contributed by atoms with Crippen LogP contribution >= 0.6 is 23.1 Å². The van der Waals surface area contributed by atoms with Crippen molar-refractivity contribution >= 4 is 33.3 Å². The number of thiazole rings is 1. The van der Waals surface area contributed by atoms with Gasteiger partial charge in [-0.05, 0) is 17.7 Å². The molecule has 0 unspecified atom stereocenters. The average molecular weight is 339 g/mol. The van der Waals surface area contributed by atoms with E-state index in [1.807, 2.05) is 36.4 Å². The van der Waals surface area contributed by atoms with Crippen molar-refractivity contribution in [2.24, 2.45) is 0 Å². The zero-order chi connectivity index (χ0) is 15.5. The zero-order valence-corrected chi connectivity index (χ0v) is 13.8. The lowest BCUT2D eigenvalue weighted by Gasteiger charge is -1.95. The third-order valence-corrected chi connectivity index (χ3v) is 5.35. The molecule has 2 heterocycles. The first-order chi connectivity index (χ1) is 11.4. The Kier molecular flexibility index (Phi) is 4.08. The summed E-state index contributed by atoms with van der Waals surface area (Å²) in [4.78, 5) is 4.61. The van der Waals surface area contributed by atoms with Gasteiger partial charge in [0.2, 0.25) is 5.89 Å². The van der Waals surface area contributed by atoms with Gasteiger partial charge in [-0.1, -0.05) is 54.2 Å². The Morgan fingerprint density at radius 1 is 0.957 bits per heavy atom. The van der Waals surface area contributed by atoms with Crippen LogP contribution in [0.2, 0.25) is 0 Å². The Bertz CT molecular complexity index is 885. The van der Waals surface area contributed by atoms with Crippen molar-refractivity contribution < 1.29 is 4.42 Å². The van der Waals surface area contributed by atoms with E-state index >= 15 is 0 Å². The molecule has 6 heteroatoms. The SMILES string of the molecule is c1ccc(Cc2nnc(SCc3nc4ccccc4s3)o2)cc1. The standard InChI is InChI=1S/C17H13N3OS2/c1-2-6-12(7-3-1)10-15-19-20-17(21-15)22-11-16-18-13-8-4-5-9-14(13)23-16/h1-9H,10-11H2. The van der Waals surface area contributed by atoms with E-state index in [0.29, 0.717) is 17.5 Å². The highest BCUT2D eigenvalue weighted by molar-refractivity contribution is 7.98. The molecule has 0 saturated heterocycles. The van der Waals surface area contributed by atoms with Gasteiger partial charge in [0.1, 0.15) is 5.01 Å². The summed E-state index contributed by atoms with van der Waals surface area (Å²) in [6.07, 6.45) is 0.662. The van der Waals surface area contributed by atoms with Crippen molar-refractivity contribution in [2.75, 3.05) is 0 Å². The molecule has 0 atom stereocenters. The number of hydrogen-bond donors (Lipinski definition) is 0. The summed E-state index contributed by atoms with van der Waals surface area (Å²) in [5.74, 6) is 1.38. The van der Waals surface area contributed by atoms with Crippen LogP contribution in [0.1, 0.15) is 16.5 Å². The summed E-state index contributed by atoms with van der Waals surface area (Å²) >= 11 is 3.23. The fourth-order valence-electron chi connectivity index (χ4n) is 2.24. The Labute approximate surface area is 141 Å². The van der Waals surface area contributed by atoms with E-state index < -0.39 is 0 Å². The number of aromatic nitrogens is 3. The molecule has 0 aliphatic rings. The number of hydrogen-bond acceptors (Lipinski definition) is 6. The number of rotatable bonds is 5. The van der Waals surface area contributed by atoms with Crippen LogP contribution in [0.25, 0.3) is 10.2 Å². The predicted molar refractivity (Wildman–Crippen MR) is 92.7 cm³/mol. The fraction of sp³-hybridized carbons (Fsp3) is 0.118. The smallest absolute Gasteiger partial charge is 0.276 e. The van der Waals surface area contributed by atoms with Gasteiger partial charge >= 0.3 is 0 Å². The van der Waals surface area contributed by atoms with Crippen LogP contribution in [-0.4, -0.2) is 15.2 Å². The molecule has 4 nitrogen and oxygen atoms in total. The van der Waals surface area contributed by atoms with E-state index in [-0.39, 0.29) is 0 Å². The van der Waals surface area contributed by atoms with E-state index in [1.54, 1.807) is 11.3 Å². The number of benzene rings is 2. The zero-order valence-electron chi connectivity index (χ0n) is 12.2. The van der Waals surface area contributed by atoms with E-state index in [4.69, 9.17) is 4.42 Å². The number of nitrogens with zero attached hydrogens (tertiary/aromatic N) is 3. The fourth-order valence-corrected chi connectivity index (χ4v) is 3.98. The summed E-state index contributed by atoms with van der Waals surface area (Å²) in [7, 11) is 0. The van der Waals surface area contributed by atoms with Gasteiger partial charge < -0.3 is 4.42 Å². The summed E-state index contributed by atoms with van der Waals surface area (Å²) in [6, 6.07) is 18.3. The van der Waals surface area contributed by atoms with Crippen LogP contribution in [0.5, 0.6) is 0 Å². The minimum Gasteiger partial charge on any atom is -0.416 e. The van der Waals surface area contributed by atoms with Gasteiger partial charge in [-0.15, -0.1) is 21.5 Å². The molecule has 2 aromatic carbocycles. The molecule has 0 spiro atoms. The molecule has 114 valence electrons. The van der Waals surface area contributed by atoms with Crippen molar-refractivity contribution in [3.63, 3.8) is 0 Å². The molecule has 0 saturated carbocycles. The van der Waals surface area contributed by atoms with Gasteiger partial charge in [0.15, 0.2) is 0 Å². The first-order valence-electron chi connectivity index (χ1n) is 7.20. The summed E-state index contributed by atoms with van der Waals surface area (Å²) in [5, 5.41) is 9.88. The lowest BCUT2D eigenvalue weighted by molar-refractivity contribution is 0.420. The Morgan fingerprint density at radius 3 is 2.65 bits per heavy atom. The first-order valence-corrected chi connectivity index (χ1v) is 9.00. The van der Waals surface area contributed by atoms with Gasteiger partial charge in [0.05, 0.1) is 22.4 Å². The molecule has 0 amide bonds. The van der Waals surface area contributed by atoms with Crippen LogP contribution in [0.4, 0.5) is 0 Å². The predicted octanol–water partition coefficient (Wildman–Crippen LogP) is 4.56. The third-order valence-electron chi connectivity index (χ3n) is 3.30. The molecule has 2 aromatic heterocycles. The molecular weight excluding hydrogens is 326 g/mol. The normalized spacial score (nSPS) is 11.1. The summed E-state index contributed by atoms with van der Waals surface area (Å²) in [6.45, 7) is 0. The highest BCUT2D eigenvalue weighted by atomic mass is 32.2. The molecule has 4 rings (SSSR count). The van der Waals surface area contributed by atoms with E-state index in [0.717, 1.165) is 16.3 Å². The maximum atomic E-state index is 5.70. The maximum absolute atomic E-state index is 5.70. The lowest BCUT2D eigenvalue weighted by Crippen LogP contribution is -1.87. The molecular formula is C17H13N3OS2. The number of fused-ring (bicyclic) bond motifs is 1. The minimum atomic E-state index is 0.593. The highest BCUT2D eigenvalue weighted by Gasteiger charge is 2.10. The van der Waals surface area contributed by atoms with Crippen molar-refractivity contribution in [1.82, 2.24) is 15.2 Å². The van der Waals surface area contributed by atoms with Crippen molar-refractivity contribution in [3.05, 3.63) is 71.1 Å². The Morgan fingerprint density at radius 2 is 1.78 bits per heavy atom. The number of thioether (sulfide) groups is 1. The number of para-hydroxylation sites is 1. The van der Waals surface area contributed by atoms with Crippen LogP contribution in [0.15, 0.2) is 64.2 Å². The van der Waals surface area contributed by atoms with Gasteiger partial charge in [0, 0.05) is 0 Å². The van der Waals surface area contributed by atoms with Crippen LogP contribution < -0.4 is 0 Å². The second-order valence-corrected chi connectivity index (χ2v) is 7.03. The molecule has 0 bridgehead atoms.